The summed E-state index contributed by atoms with van der Waals surface area (Å²) in [6.45, 7) is 4.86. The molecule has 2 aliphatic heterocycles. The number of aryl methyl sites for hydroxylation is 2. The number of rotatable bonds is 8. The number of ether oxygens (including phenoxy) is 4. The van der Waals surface area contributed by atoms with E-state index in [4.69, 9.17) is 30.5 Å². The van der Waals surface area contributed by atoms with E-state index in [1.165, 1.54) is 29.1 Å². The molecule has 1 N–H and O–H groups in total. The Hall–Kier alpha value is -3.95. The van der Waals surface area contributed by atoms with Gasteiger partial charge < -0.3 is 28.7 Å². The fraction of sp³-hybridized carbons (Fsp3) is 0.548. The van der Waals surface area contributed by atoms with Crippen LogP contribution < -0.4 is 19.1 Å². The van der Waals surface area contributed by atoms with Crippen LogP contribution in [0.1, 0.15) is 64.4 Å². The number of amides is 2. The largest absolute Gasteiger partial charge is 0.490 e. The molecule has 308 valence electrons. The van der Waals surface area contributed by atoms with Crippen LogP contribution in [0.15, 0.2) is 59.1 Å². The number of nitrogens with one attached hydrogen (secondary N) is 1. The first kappa shape index (κ1) is 41.2. The van der Waals surface area contributed by atoms with Crippen molar-refractivity contribution in [1.29, 1.82) is 0 Å². The Morgan fingerprint density at radius 3 is 2.68 bits per heavy atom. The van der Waals surface area contributed by atoms with Crippen LogP contribution in [0.3, 0.4) is 0 Å². The Morgan fingerprint density at radius 1 is 1.14 bits per heavy atom. The first-order valence-corrected chi connectivity index (χ1v) is 21.8. The molecule has 7 atom stereocenters. The van der Waals surface area contributed by atoms with Crippen LogP contribution in [-0.4, -0.2) is 110 Å². The Morgan fingerprint density at radius 2 is 1.95 bits per heavy atom. The van der Waals surface area contributed by atoms with E-state index in [-0.39, 0.29) is 40.2 Å². The van der Waals surface area contributed by atoms with Gasteiger partial charge in [0, 0.05) is 61.9 Å². The minimum atomic E-state index is -3.76. The van der Waals surface area contributed by atoms with E-state index in [1.807, 2.05) is 44.1 Å². The molecule has 4 aliphatic rings. The predicted molar refractivity (Wildman–Crippen MR) is 221 cm³/mol. The van der Waals surface area contributed by atoms with Crippen LogP contribution in [0.4, 0.5) is 5.69 Å². The quantitative estimate of drug-likeness (QED) is 0.282. The van der Waals surface area contributed by atoms with E-state index < -0.39 is 33.8 Å². The zero-order valence-electron chi connectivity index (χ0n) is 33.7. The smallest absolute Gasteiger partial charge is 0.286 e. The highest BCUT2D eigenvalue weighted by molar-refractivity contribution is 7.92. The number of anilines is 1. The van der Waals surface area contributed by atoms with Gasteiger partial charge in [0.25, 0.3) is 11.8 Å². The standard InChI is InChI=1S/C42H55ClN6O7S/c1-27-24-57(52,46-40(51)33-23-48(4)44-41(33)54-6)45-39(50)29-10-14-38-35(21-29)49(25-42(26-56-38)17-7-8-28-20-31(43)11-13-34(28)42)22-30-9-12-32(30)37(53-5)16-15-36(27)55-19-18-47(2)3/h10-11,13-16,20-21,23,27,30,32,36-37H,7-9,12,17-19,22,24-26H2,1-6H3,(H,45,46,50,51,52)/b16-15-/t27-,30+,32-,36+,37+,42+,57?/m1/s1. The number of benzene rings is 2. The number of carbonyl (C=O) groups excluding carboxylic acids is 2. The minimum absolute atomic E-state index is 0.0608. The van der Waals surface area contributed by atoms with Crippen molar-refractivity contribution in [3.05, 3.63) is 82.0 Å². The molecule has 1 fully saturated rings. The third-order valence-electron chi connectivity index (χ3n) is 12.0. The summed E-state index contributed by atoms with van der Waals surface area (Å²) in [6.07, 6.45) is 9.80. The summed E-state index contributed by atoms with van der Waals surface area (Å²) in [7, 11) is 4.98. The van der Waals surface area contributed by atoms with Crippen molar-refractivity contribution in [2.45, 2.75) is 56.7 Å². The average Bonchev–Trinajstić information content (AvgIpc) is 3.48. The number of halogens is 1. The highest BCUT2D eigenvalue weighted by atomic mass is 35.5. The number of likely N-dealkylation sites (N-methyl/N-ethyl adjacent to an activating group) is 1. The topological polar surface area (TPSA) is 137 Å². The third kappa shape index (κ3) is 8.90. The van der Waals surface area contributed by atoms with Crippen LogP contribution >= 0.6 is 11.6 Å². The lowest BCUT2D eigenvalue weighted by molar-refractivity contribution is 0.0104. The van der Waals surface area contributed by atoms with Crippen LogP contribution in [-0.2, 0) is 38.3 Å². The number of hydrogen-bond acceptors (Lipinski definition) is 10. The number of fused-ring (bicyclic) bond motifs is 4. The molecule has 2 aromatic carbocycles. The second-order valence-corrected chi connectivity index (χ2v) is 18.8. The van der Waals surface area contributed by atoms with Crippen molar-refractivity contribution in [1.82, 2.24) is 19.4 Å². The Balaban J connectivity index is 1.32. The second kappa shape index (κ2) is 17.1. The summed E-state index contributed by atoms with van der Waals surface area (Å²) in [4.78, 5) is 32.5. The number of aromatic nitrogens is 2. The lowest BCUT2D eigenvalue weighted by atomic mass is 9.68. The molecule has 0 radical (unpaired) electrons. The van der Waals surface area contributed by atoms with Crippen LogP contribution in [0, 0.1) is 17.8 Å². The van der Waals surface area contributed by atoms with Gasteiger partial charge in [0.05, 0.1) is 44.0 Å². The van der Waals surface area contributed by atoms with Crippen LogP contribution in [0.5, 0.6) is 11.6 Å². The molecule has 15 heteroatoms. The Kier molecular flexibility index (Phi) is 12.4. The van der Waals surface area contributed by atoms with E-state index in [9.17, 15) is 9.59 Å². The van der Waals surface area contributed by atoms with E-state index in [1.54, 1.807) is 26.3 Å². The minimum Gasteiger partial charge on any atom is -0.490 e. The first-order chi connectivity index (χ1) is 27.3. The molecule has 13 nitrogen and oxygen atoms in total. The second-order valence-electron chi connectivity index (χ2n) is 16.3. The predicted octanol–water partition coefficient (Wildman–Crippen LogP) is 5.70. The molecule has 7 rings (SSSR count). The average molecular weight is 823 g/mol. The number of hydrogen-bond donors (Lipinski definition) is 1. The lowest BCUT2D eigenvalue weighted by Crippen LogP contribution is -2.49. The van der Waals surface area contributed by atoms with Gasteiger partial charge in [-0.2, -0.15) is 0 Å². The molecular weight excluding hydrogens is 768 g/mol. The summed E-state index contributed by atoms with van der Waals surface area (Å²) in [5.41, 5.74) is 3.30. The lowest BCUT2D eigenvalue weighted by Gasteiger charge is -2.46. The maximum absolute atomic E-state index is 15.0. The molecule has 2 amide bonds. The number of methoxy groups -OCH3 is 2. The highest BCUT2D eigenvalue weighted by Crippen LogP contribution is 2.47. The van der Waals surface area contributed by atoms with Gasteiger partial charge in [-0.1, -0.05) is 36.7 Å². The molecule has 1 unspecified atom stereocenters. The maximum Gasteiger partial charge on any atom is 0.286 e. The van der Waals surface area contributed by atoms with Gasteiger partial charge in [-0.15, -0.1) is 9.46 Å². The van der Waals surface area contributed by atoms with Gasteiger partial charge in [-0.25, -0.2) is 4.21 Å². The molecule has 3 aromatic rings. The monoisotopic (exact) mass is 822 g/mol. The Bertz CT molecular complexity index is 2130. The van der Waals surface area contributed by atoms with Crippen molar-refractivity contribution >= 4 is 39.0 Å². The summed E-state index contributed by atoms with van der Waals surface area (Å²) in [6, 6.07) is 11.5. The number of nitrogens with zero attached hydrogens (tertiary/aromatic N) is 5. The van der Waals surface area contributed by atoms with E-state index in [0.29, 0.717) is 38.0 Å². The van der Waals surface area contributed by atoms with E-state index in [0.717, 1.165) is 49.4 Å². The Labute approximate surface area is 341 Å². The van der Waals surface area contributed by atoms with Crippen molar-refractivity contribution in [3.8, 4) is 11.6 Å². The number of carbonyl (C=O) groups is 2. The van der Waals surface area contributed by atoms with Gasteiger partial charge in [-0.3, -0.25) is 19.0 Å². The fourth-order valence-electron chi connectivity index (χ4n) is 8.89. The summed E-state index contributed by atoms with van der Waals surface area (Å²) >= 11 is 6.49. The third-order valence-corrected chi connectivity index (χ3v) is 14.2. The molecule has 57 heavy (non-hydrogen) atoms. The normalized spacial score (nSPS) is 29.3. The molecule has 1 saturated carbocycles. The van der Waals surface area contributed by atoms with Gasteiger partial charge >= 0.3 is 0 Å². The summed E-state index contributed by atoms with van der Waals surface area (Å²) in [5.74, 6) is -0.739. The SMILES string of the molecule is COc1nn(C)cc1C(=O)NS1(=O)=NC(=O)c2ccc3c(c2)N(C[C@@H]2CC[C@H]2[C@@H](OC)/C=C\[C@H](OCCN(C)C)[C@H](C)C1)C[C@@]1(CCCc2cc(Cl)ccc21)CO3. The summed E-state index contributed by atoms with van der Waals surface area (Å²) < 4.78 is 48.0. The zero-order valence-corrected chi connectivity index (χ0v) is 35.3. The first-order valence-electron chi connectivity index (χ1n) is 19.8. The molecule has 0 saturated heterocycles. The van der Waals surface area contributed by atoms with E-state index >= 15 is 4.21 Å². The van der Waals surface area contributed by atoms with Crippen molar-refractivity contribution < 1.29 is 32.7 Å². The van der Waals surface area contributed by atoms with Gasteiger partial charge in [0.1, 0.15) is 21.2 Å². The fourth-order valence-corrected chi connectivity index (χ4v) is 11.0. The molecular formula is C42H55ClN6O7S. The molecule has 2 aliphatic carbocycles. The zero-order chi connectivity index (χ0) is 40.5. The molecule has 1 spiro atoms. The molecule has 2 bridgehead atoms. The maximum atomic E-state index is 15.0. The van der Waals surface area contributed by atoms with Gasteiger partial charge in [0.2, 0.25) is 5.88 Å². The molecule has 1 aromatic heterocycles. The summed E-state index contributed by atoms with van der Waals surface area (Å²) in [5, 5.41) is 4.91. The van der Waals surface area contributed by atoms with Crippen LogP contribution in [0.2, 0.25) is 5.02 Å². The van der Waals surface area contributed by atoms with Crippen molar-refractivity contribution in [3.63, 3.8) is 0 Å². The van der Waals surface area contributed by atoms with Gasteiger partial charge in [-0.05, 0) is 99.5 Å². The van der Waals surface area contributed by atoms with Crippen molar-refractivity contribution in [2.75, 3.05) is 71.8 Å². The van der Waals surface area contributed by atoms with Gasteiger partial charge in [0.15, 0.2) is 0 Å². The van der Waals surface area contributed by atoms with Crippen molar-refractivity contribution in [2.24, 2.45) is 29.2 Å². The van der Waals surface area contributed by atoms with E-state index in [2.05, 4.69) is 37.3 Å². The van der Waals surface area contributed by atoms with Crippen LogP contribution in [0.25, 0.3) is 0 Å². The molecule has 3 heterocycles. The highest BCUT2D eigenvalue weighted by Gasteiger charge is 2.44.